The highest BCUT2D eigenvalue weighted by Crippen LogP contribution is 2.31. The lowest BCUT2D eigenvalue weighted by molar-refractivity contribution is -0.134. The van der Waals surface area contributed by atoms with Gasteiger partial charge in [-0.05, 0) is 30.9 Å². The number of nitrogens with zero attached hydrogens (tertiary/aromatic N) is 1. The quantitative estimate of drug-likeness (QED) is 0.883. The van der Waals surface area contributed by atoms with Crippen LogP contribution in [-0.4, -0.2) is 42.6 Å². The van der Waals surface area contributed by atoms with Crippen LogP contribution >= 0.6 is 15.9 Å². The monoisotopic (exact) mass is 352 g/mol. The van der Waals surface area contributed by atoms with Gasteiger partial charge in [-0.2, -0.15) is 0 Å². The standard InChI is InChI=1S/C16H21BrN2O2/c1-21-13-8-15(18-9-13)16(20)19(12-6-7-12)10-11-4-2-3-5-14(11)17/h2-5,12-13,15,18H,6-10H2,1H3. The van der Waals surface area contributed by atoms with Crippen LogP contribution in [-0.2, 0) is 16.1 Å². The molecule has 1 aromatic carbocycles. The van der Waals surface area contributed by atoms with Gasteiger partial charge in [0.25, 0.3) is 0 Å². The molecular weight excluding hydrogens is 332 g/mol. The molecule has 4 nitrogen and oxygen atoms in total. The van der Waals surface area contributed by atoms with E-state index in [-0.39, 0.29) is 18.1 Å². The summed E-state index contributed by atoms with van der Waals surface area (Å²) in [4.78, 5) is 14.8. The van der Waals surface area contributed by atoms with Gasteiger partial charge in [-0.3, -0.25) is 4.79 Å². The number of methoxy groups -OCH3 is 1. The van der Waals surface area contributed by atoms with Crippen LogP contribution in [0.3, 0.4) is 0 Å². The molecule has 0 spiro atoms. The van der Waals surface area contributed by atoms with Crippen LogP contribution in [0.1, 0.15) is 24.8 Å². The van der Waals surface area contributed by atoms with Crippen molar-refractivity contribution in [2.45, 2.75) is 44.0 Å². The first-order valence-electron chi connectivity index (χ1n) is 7.49. The summed E-state index contributed by atoms with van der Waals surface area (Å²) >= 11 is 3.57. The Morgan fingerprint density at radius 3 is 2.81 bits per heavy atom. The Morgan fingerprint density at radius 1 is 1.43 bits per heavy atom. The minimum Gasteiger partial charge on any atom is -0.380 e. The molecule has 1 aliphatic heterocycles. The lowest BCUT2D eigenvalue weighted by Crippen LogP contribution is -2.44. The molecule has 2 aliphatic rings. The molecule has 2 unspecified atom stereocenters. The van der Waals surface area contributed by atoms with Crippen LogP contribution in [0.15, 0.2) is 28.7 Å². The number of benzene rings is 1. The molecule has 1 N–H and O–H groups in total. The van der Waals surface area contributed by atoms with Crippen LogP contribution in [0.25, 0.3) is 0 Å². The lowest BCUT2D eigenvalue weighted by atomic mass is 10.1. The maximum absolute atomic E-state index is 12.8. The molecule has 3 rings (SSSR count). The number of hydrogen-bond acceptors (Lipinski definition) is 3. The van der Waals surface area contributed by atoms with E-state index in [0.29, 0.717) is 12.6 Å². The first-order valence-corrected chi connectivity index (χ1v) is 8.28. The SMILES string of the molecule is COC1CNC(C(=O)N(Cc2ccccc2Br)C2CC2)C1. The van der Waals surface area contributed by atoms with E-state index >= 15 is 0 Å². The summed E-state index contributed by atoms with van der Waals surface area (Å²) in [6, 6.07) is 8.43. The zero-order valence-corrected chi connectivity index (χ0v) is 13.8. The molecule has 5 heteroatoms. The second-order valence-corrected chi connectivity index (χ2v) is 6.70. The Bertz CT molecular complexity index is 519. The third-order valence-electron chi connectivity index (χ3n) is 4.29. The van der Waals surface area contributed by atoms with E-state index in [1.54, 1.807) is 7.11 Å². The minimum absolute atomic E-state index is 0.0990. The van der Waals surface area contributed by atoms with Gasteiger partial charge in [-0.15, -0.1) is 0 Å². The lowest BCUT2D eigenvalue weighted by Gasteiger charge is -2.26. The fourth-order valence-corrected chi connectivity index (χ4v) is 3.26. The number of carbonyl (C=O) groups excluding carboxylic acids is 1. The average Bonchev–Trinajstić information content (AvgIpc) is 3.22. The fourth-order valence-electron chi connectivity index (χ4n) is 2.85. The summed E-state index contributed by atoms with van der Waals surface area (Å²) in [5, 5.41) is 3.29. The number of rotatable bonds is 5. The highest BCUT2D eigenvalue weighted by Gasteiger charge is 2.38. The highest BCUT2D eigenvalue weighted by molar-refractivity contribution is 9.10. The first kappa shape index (κ1) is 15.0. The fraction of sp³-hybridized carbons (Fsp3) is 0.562. The highest BCUT2D eigenvalue weighted by atomic mass is 79.9. The molecule has 1 saturated heterocycles. The molecule has 1 aliphatic carbocycles. The molecule has 1 heterocycles. The van der Waals surface area contributed by atoms with Gasteiger partial charge >= 0.3 is 0 Å². The molecule has 1 aromatic rings. The van der Waals surface area contributed by atoms with Crippen LogP contribution in [0, 0.1) is 0 Å². The van der Waals surface area contributed by atoms with Crippen molar-refractivity contribution in [2.75, 3.05) is 13.7 Å². The van der Waals surface area contributed by atoms with Crippen LogP contribution in [0.4, 0.5) is 0 Å². The molecule has 1 saturated carbocycles. The number of ether oxygens (including phenoxy) is 1. The summed E-state index contributed by atoms with van der Waals surface area (Å²) < 4.78 is 6.41. The predicted molar refractivity (Wildman–Crippen MR) is 84.9 cm³/mol. The second-order valence-electron chi connectivity index (χ2n) is 5.84. The molecular formula is C16H21BrN2O2. The van der Waals surface area contributed by atoms with E-state index in [4.69, 9.17) is 4.74 Å². The van der Waals surface area contributed by atoms with E-state index in [1.165, 1.54) is 5.56 Å². The Labute approximate surface area is 134 Å². The molecule has 2 atom stereocenters. The summed E-state index contributed by atoms with van der Waals surface area (Å²) in [5.74, 6) is 0.216. The van der Waals surface area contributed by atoms with Crippen LogP contribution in [0.5, 0.6) is 0 Å². The number of halogens is 1. The maximum atomic E-state index is 12.8. The number of amides is 1. The van der Waals surface area contributed by atoms with Crippen LogP contribution < -0.4 is 5.32 Å². The van der Waals surface area contributed by atoms with E-state index in [1.807, 2.05) is 23.1 Å². The summed E-state index contributed by atoms with van der Waals surface area (Å²) in [7, 11) is 1.71. The van der Waals surface area contributed by atoms with E-state index in [0.717, 1.165) is 30.3 Å². The molecule has 114 valence electrons. The zero-order chi connectivity index (χ0) is 14.8. The Hall–Kier alpha value is -0.910. The van der Waals surface area contributed by atoms with Crippen molar-refractivity contribution in [3.63, 3.8) is 0 Å². The Balaban J connectivity index is 1.70. The van der Waals surface area contributed by atoms with Crippen molar-refractivity contribution in [3.8, 4) is 0 Å². The maximum Gasteiger partial charge on any atom is 0.240 e. The van der Waals surface area contributed by atoms with Crippen molar-refractivity contribution in [1.29, 1.82) is 0 Å². The molecule has 21 heavy (non-hydrogen) atoms. The number of nitrogens with one attached hydrogen (secondary N) is 1. The Kier molecular flexibility index (Phi) is 4.62. The van der Waals surface area contributed by atoms with Crippen molar-refractivity contribution < 1.29 is 9.53 Å². The van der Waals surface area contributed by atoms with E-state index in [9.17, 15) is 4.79 Å². The van der Waals surface area contributed by atoms with Gasteiger partial charge in [0.05, 0.1) is 12.1 Å². The summed E-state index contributed by atoms with van der Waals surface area (Å²) in [6.45, 7) is 1.45. The van der Waals surface area contributed by atoms with Crippen molar-refractivity contribution in [2.24, 2.45) is 0 Å². The van der Waals surface area contributed by atoms with Crippen LogP contribution in [0.2, 0.25) is 0 Å². The van der Waals surface area contributed by atoms with E-state index < -0.39 is 0 Å². The van der Waals surface area contributed by atoms with Gasteiger partial charge < -0.3 is 15.0 Å². The van der Waals surface area contributed by atoms with Gasteiger partial charge in [-0.1, -0.05) is 34.1 Å². The molecule has 1 amide bonds. The number of hydrogen-bond donors (Lipinski definition) is 1. The van der Waals surface area contributed by atoms with Crippen molar-refractivity contribution in [3.05, 3.63) is 34.3 Å². The summed E-state index contributed by atoms with van der Waals surface area (Å²) in [5.41, 5.74) is 1.17. The smallest absolute Gasteiger partial charge is 0.240 e. The minimum atomic E-state index is -0.0990. The Morgan fingerprint density at radius 2 is 2.19 bits per heavy atom. The average molecular weight is 353 g/mol. The third kappa shape index (κ3) is 3.47. The predicted octanol–water partition coefficient (Wildman–Crippen LogP) is 2.32. The van der Waals surface area contributed by atoms with Gasteiger partial charge in [-0.25, -0.2) is 0 Å². The van der Waals surface area contributed by atoms with Gasteiger partial charge in [0.1, 0.15) is 0 Å². The molecule has 0 bridgehead atoms. The summed E-state index contributed by atoms with van der Waals surface area (Å²) in [6.07, 6.45) is 3.17. The normalized spacial score (nSPS) is 25.0. The largest absolute Gasteiger partial charge is 0.380 e. The van der Waals surface area contributed by atoms with Gasteiger partial charge in [0.2, 0.25) is 5.91 Å². The van der Waals surface area contributed by atoms with Crippen molar-refractivity contribution >= 4 is 21.8 Å². The molecule has 2 fully saturated rings. The van der Waals surface area contributed by atoms with Gasteiger partial charge in [0, 0.05) is 30.7 Å². The van der Waals surface area contributed by atoms with Crippen molar-refractivity contribution in [1.82, 2.24) is 10.2 Å². The zero-order valence-electron chi connectivity index (χ0n) is 12.2. The second kappa shape index (κ2) is 6.46. The molecule has 0 radical (unpaired) electrons. The number of carbonyl (C=O) groups is 1. The van der Waals surface area contributed by atoms with E-state index in [2.05, 4.69) is 27.3 Å². The molecule has 0 aromatic heterocycles. The van der Waals surface area contributed by atoms with Gasteiger partial charge in [0.15, 0.2) is 0 Å². The first-order chi connectivity index (χ1) is 10.2. The third-order valence-corrected chi connectivity index (χ3v) is 5.06. The topological polar surface area (TPSA) is 41.6 Å².